The molecule has 1 aromatic heterocycles. The van der Waals surface area contributed by atoms with Gasteiger partial charge in [0.1, 0.15) is 5.82 Å². The number of unbranched alkanes of at least 4 members (excludes halogenated alkanes) is 1. The number of aromatic nitrogens is 1. The molecule has 0 bridgehead atoms. The number of likely N-dealkylation sites (tertiary alicyclic amines) is 1. The third-order valence-electron chi connectivity index (χ3n) is 3.76. The van der Waals surface area contributed by atoms with E-state index in [0.717, 1.165) is 50.8 Å². The summed E-state index contributed by atoms with van der Waals surface area (Å²) in [6.07, 6.45) is 9.05. The summed E-state index contributed by atoms with van der Waals surface area (Å²) in [7, 11) is 0. The summed E-state index contributed by atoms with van der Waals surface area (Å²) in [6.45, 7) is 3.87. The van der Waals surface area contributed by atoms with Crippen LogP contribution in [0.2, 0.25) is 0 Å². The van der Waals surface area contributed by atoms with Gasteiger partial charge in [0.05, 0.1) is 0 Å². The van der Waals surface area contributed by atoms with Crippen LogP contribution in [0, 0.1) is 0 Å². The third kappa shape index (κ3) is 7.29. The zero-order valence-corrected chi connectivity index (χ0v) is 15.5. The van der Waals surface area contributed by atoms with Gasteiger partial charge in [-0.15, -0.1) is 24.0 Å². The van der Waals surface area contributed by atoms with Gasteiger partial charge in [-0.25, -0.2) is 4.98 Å². The minimum absolute atomic E-state index is 0. The number of hydrogen-bond acceptors (Lipinski definition) is 3. The minimum Gasteiger partial charge on any atom is -0.370 e. The Bertz CT molecular complexity index is 416. The molecule has 1 aliphatic rings. The van der Waals surface area contributed by atoms with Crippen LogP contribution in [-0.2, 0) is 0 Å². The highest BCUT2D eigenvalue weighted by atomic mass is 127. The van der Waals surface area contributed by atoms with Gasteiger partial charge in [-0.1, -0.05) is 18.9 Å². The molecule has 22 heavy (non-hydrogen) atoms. The molecular weight excluding hydrogens is 389 g/mol. The maximum absolute atomic E-state index is 6.07. The van der Waals surface area contributed by atoms with E-state index < -0.39 is 0 Å². The predicted octanol–water partition coefficient (Wildman–Crippen LogP) is 3.08. The highest BCUT2D eigenvalue weighted by Gasteiger charge is 2.10. The molecule has 1 saturated heterocycles. The SMILES string of the molecule is I.NC(=NCCCCNc1ccccn1)N1CCCCCC1. The fraction of sp³-hybridized carbons (Fsp3) is 0.625. The predicted molar refractivity (Wildman–Crippen MR) is 104 cm³/mol. The van der Waals surface area contributed by atoms with Crippen molar-refractivity contribution in [3.63, 3.8) is 0 Å². The number of halogens is 1. The molecule has 0 unspecified atom stereocenters. The number of nitrogens with zero attached hydrogens (tertiary/aromatic N) is 3. The first-order valence-electron chi connectivity index (χ1n) is 8.06. The van der Waals surface area contributed by atoms with Crippen LogP contribution in [0.15, 0.2) is 29.4 Å². The number of hydrogen-bond donors (Lipinski definition) is 2. The van der Waals surface area contributed by atoms with Crippen molar-refractivity contribution < 1.29 is 0 Å². The van der Waals surface area contributed by atoms with Gasteiger partial charge in [0.25, 0.3) is 0 Å². The Kier molecular flexibility index (Phi) is 9.94. The molecule has 0 amide bonds. The van der Waals surface area contributed by atoms with Crippen LogP contribution in [0.25, 0.3) is 0 Å². The molecule has 0 atom stereocenters. The molecule has 2 heterocycles. The van der Waals surface area contributed by atoms with Crippen LogP contribution in [-0.4, -0.2) is 42.0 Å². The maximum atomic E-state index is 6.07. The molecule has 3 N–H and O–H groups in total. The molecule has 124 valence electrons. The lowest BCUT2D eigenvalue weighted by atomic mass is 10.2. The van der Waals surface area contributed by atoms with E-state index in [-0.39, 0.29) is 24.0 Å². The van der Waals surface area contributed by atoms with Crippen molar-refractivity contribution >= 4 is 35.8 Å². The summed E-state index contributed by atoms with van der Waals surface area (Å²) in [4.78, 5) is 11.0. The molecule has 1 aromatic rings. The Morgan fingerprint density at radius 2 is 1.95 bits per heavy atom. The lowest BCUT2D eigenvalue weighted by Gasteiger charge is -2.21. The Morgan fingerprint density at radius 1 is 1.18 bits per heavy atom. The summed E-state index contributed by atoms with van der Waals surface area (Å²) < 4.78 is 0. The van der Waals surface area contributed by atoms with Gasteiger partial charge in [0.15, 0.2) is 5.96 Å². The lowest BCUT2D eigenvalue weighted by molar-refractivity contribution is 0.428. The minimum atomic E-state index is 0. The van der Waals surface area contributed by atoms with E-state index in [2.05, 4.69) is 20.2 Å². The maximum Gasteiger partial charge on any atom is 0.191 e. The fourth-order valence-corrected chi connectivity index (χ4v) is 2.51. The molecule has 5 nitrogen and oxygen atoms in total. The van der Waals surface area contributed by atoms with Gasteiger partial charge < -0.3 is 16.0 Å². The Labute approximate surface area is 150 Å². The topological polar surface area (TPSA) is 66.5 Å². The van der Waals surface area contributed by atoms with Crippen LogP contribution < -0.4 is 11.1 Å². The zero-order valence-electron chi connectivity index (χ0n) is 13.2. The van der Waals surface area contributed by atoms with Crippen molar-refractivity contribution in [1.82, 2.24) is 9.88 Å². The van der Waals surface area contributed by atoms with Crippen molar-refractivity contribution in [3.05, 3.63) is 24.4 Å². The van der Waals surface area contributed by atoms with Crippen molar-refractivity contribution in [2.24, 2.45) is 10.7 Å². The van der Waals surface area contributed by atoms with E-state index >= 15 is 0 Å². The van der Waals surface area contributed by atoms with Crippen LogP contribution in [0.3, 0.4) is 0 Å². The van der Waals surface area contributed by atoms with Crippen molar-refractivity contribution in [2.45, 2.75) is 38.5 Å². The Morgan fingerprint density at radius 3 is 2.64 bits per heavy atom. The quantitative estimate of drug-likeness (QED) is 0.323. The summed E-state index contributed by atoms with van der Waals surface area (Å²) in [6, 6.07) is 5.89. The fourth-order valence-electron chi connectivity index (χ4n) is 2.51. The highest BCUT2D eigenvalue weighted by molar-refractivity contribution is 14.0. The Balaban J connectivity index is 0.00000242. The second-order valence-corrected chi connectivity index (χ2v) is 5.49. The largest absolute Gasteiger partial charge is 0.370 e. The molecule has 1 fully saturated rings. The van der Waals surface area contributed by atoms with Crippen LogP contribution >= 0.6 is 24.0 Å². The number of nitrogens with two attached hydrogens (primary N) is 1. The highest BCUT2D eigenvalue weighted by Crippen LogP contribution is 2.09. The van der Waals surface area contributed by atoms with Crippen molar-refractivity contribution in [3.8, 4) is 0 Å². The first-order valence-corrected chi connectivity index (χ1v) is 8.06. The second-order valence-electron chi connectivity index (χ2n) is 5.49. The molecule has 0 spiro atoms. The van der Waals surface area contributed by atoms with Gasteiger partial charge in [-0.05, 0) is 37.8 Å². The van der Waals surface area contributed by atoms with Crippen LogP contribution in [0.4, 0.5) is 5.82 Å². The normalized spacial score (nSPS) is 15.8. The molecule has 0 saturated carbocycles. The average Bonchev–Trinajstić information content (AvgIpc) is 2.81. The number of aliphatic imine (C=N–C) groups is 1. The van der Waals surface area contributed by atoms with E-state index in [1.807, 2.05) is 18.2 Å². The summed E-state index contributed by atoms with van der Waals surface area (Å²) in [5.41, 5.74) is 6.07. The standard InChI is InChI=1S/C16H27N5.HI/c17-16(21-13-7-1-2-8-14-21)20-12-6-5-11-19-15-9-3-4-10-18-15;/h3-4,9-10H,1-2,5-8,11-14H2,(H2,17,20)(H,18,19);1H. The van der Waals surface area contributed by atoms with E-state index in [1.165, 1.54) is 25.7 Å². The number of guanidine groups is 1. The molecule has 0 aliphatic carbocycles. The van der Waals surface area contributed by atoms with Crippen molar-refractivity contribution in [2.75, 3.05) is 31.5 Å². The average molecular weight is 417 g/mol. The number of anilines is 1. The van der Waals surface area contributed by atoms with E-state index in [9.17, 15) is 0 Å². The number of rotatable bonds is 6. The van der Waals surface area contributed by atoms with Crippen LogP contribution in [0.5, 0.6) is 0 Å². The van der Waals surface area contributed by atoms with Gasteiger partial charge >= 0.3 is 0 Å². The van der Waals surface area contributed by atoms with Gasteiger partial charge in [-0.3, -0.25) is 4.99 Å². The van der Waals surface area contributed by atoms with E-state index in [0.29, 0.717) is 0 Å². The zero-order chi connectivity index (χ0) is 14.8. The monoisotopic (exact) mass is 417 g/mol. The molecular formula is C16H28IN5. The van der Waals surface area contributed by atoms with Crippen molar-refractivity contribution in [1.29, 1.82) is 0 Å². The number of pyridine rings is 1. The molecule has 0 aromatic carbocycles. The molecule has 0 radical (unpaired) electrons. The molecule has 2 rings (SSSR count). The van der Waals surface area contributed by atoms with E-state index in [1.54, 1.807) is 6.20 Å². The van der Waals surface area contributed by atoms with Crippen LogP contribution in [0.1, 0.15) is 38.5 Å². The summed E-state index contributed by atoms with van der Waals surface area (Å²) >= 11 is 0. The first kappa shape index (κ1) is 19.0. The molecule has 6 heteroatoms. The first-order chi connectivity index (χ1) is 10.4. The third-order valence-corrected chi connectivity index (χ3v) is 3.76. The number of nitrogens with one attached hydrogen (secondary N) is 1. The van der Waals surface area contributed by atoms with E-state index in [4.69, 9.17) is 5.73 Å². The second kappa shape index (κ2) is 11.5. The van der Waals surface area contributed by atoms with Gasteiger partial charge in [0, 0.05) is 32.4 Å². The summed E-state index contributed by atoms with van der Waals surface area (Å²) in [5.74, 6) is 1.67. The lowest BCUT2D eigenvalue weighted by Crippen LogP contribution is -2.38. The molecule has 1 aliphatic heterocycles. The Hall–Kier alpha value is -1.05. The summed E-state index contributed by atoms with van der Waals surface area (Å²) in [5, 5.41) is 3.30. The van der Waals surface area contributed by atoms with Gasteiger partial charge in [-0.2, -0.15) is 0 Å². The smallest absolute Gasteiger partial charge is 0.191 e. The van der Waals surface area contributed by atoms with Gasteiger partial charge in [0.2, 0.25) is 0 Å².